The second kappa shape index (κ2) is 5.27. The molecule has 0 aliphatic rings. The molecule has 0 aromatic rings. The molecule has 88 valence electrons. The minimum Gasteiger partial charge on any atom is -0.481 e. The van der Waals surface area contributed by atoms with Crippen molar-refractivity contribution in [2.75, 3.05) is 14.2 Å². The average molecular weight is 274 g/mol. The molecule has 1 atom stereocenters. The summed E-state index contributed by atoms with van der Waals surface area (Å²) < 4.78 is 7.56. The first-order valence-electron chi connectivity index (χ1n) is 3.62. The molecule has 6 nitrogen and oxygen atoms in total. The van der Waals surface area contributed by atoms with Crippen LogP contribution in [-0.2, 0) is 30.4 Å². The maximum atomic E-state index is 11.0. The summed E-state index contributed by atoms with van der Waals surface area (Å²) in [6, 6.07) is 0. The van der Waals surface area contributed by atoms with E-state index < -0.39 is 29.3 Å². The van der Waals surface area contributed by atoms with Crippen LogP contribution in [0, 0.1) is 0 Å². The van der Waals surface area contributed by atoms with Crippen LogP contribution in [0.1, 0.15) is 6.42 Å². The first-order chi connectivity index (χ1) is 6.73. The van der Waals surface area contributed by atoms with Gasteiger partial charge < -0.3 is 19.3 Å². The number of carbonyl (C=O) groups is 2. The lowest BCUT2D eigenvalue weighted by atomic mass is 10.3. The number of aliphatic carboxylic acids is 2. The molecular weight excluding hydrogens is 263 g/mol. The average Bonchev–Trinajstić information content (AvgIpc) is 2.14. The van der Waals surface area contributed by atoms with Gasteiger partial charge in [0, 0.05) is 14.2 Å². The summed E-state index contributed by atoms with van der Waals surface area (Å²) in [5.74, 6) is -2.81. The van der Waals surface area contributed by atoms with Gasteiger partial charge in [-0.05, 0) is 11.8 Å². The Labute approximate surface area is 97.2 Å². The molecular formula is C6H11O6PS2. The molecule has 0 aliphatic carbocycles. The van der Waals surface area contributed by atoms with Crippen LogP contribution in [0.2, 0.25) is 0 Å². The van der Waals surface area contributed by atoms with Crippen molar-refractivity contribution in [3.8, 4) is 0 Å². The number of carboxylic acids is 2. The van der Waals surface area contributed by atoms with Crippen molar-refractivity contribution >= 4 is 42.9 Å². The Balaban J connectivity index is 5.37. The molecule has 0 radical (unpaired) electrons. The second-order valence-electron chi connectivity index (χ2n) is 2.55. The lowest BCUT2D eigenvalue weighted by Gasteiger charge is -2.31. The number of rotatable bonds is 6. The first kappa shape index (κ1) is 14.9. The summed E-state index contributed by atoms with van der Waals surface area (Å²) in [7, 11) is 2.33. The van der Waals surface area contributed by atoms with E-state index in [9.17, 15) is 9.59 Å². The third kappa shape index (κ3) is 2.92. The van der Waals surface area contributed by atoms with Gasteiger partial charge in [-0.2, -0.15) is 12.6 Å². The SMILES string of the molecule is COP(=S)(OC)C(S)(CC(=O)O)C(=O)O. The van der Waals surface area contributed by atoms with Crippen LogP contribution >= 0.6 is 19.1 Å². The Morgan fingerprint density at radius 3 is 2.00 bits per heavy atom. The van der Waals surface area contributed by atoms with Gasteiger partial charge in [0.1, 0.15) is 0 Å². The van der Waals surface area contributed by atoms with Gasteiger partial charge in [-0.15, -0.1) is 0 Å². The van der Waals surface area contributed by atoms with Crippen LogP contribution in [0.3, 0.4) is 0 Å². The van der Waals surface area contributed by atoms with E-state index in [0.717, 1.165) is 0 Å². The second-order valence-corrected chi connectivity index (χ2v) is 7.60. The lowest BCUT2D eigenvalue weighted by Crippen LogP contribution is -2.36. The van der Waals surface area contributed by atoms with Gasteiger partial charge in [0.15, 0.2) is 4.49 Å². The molecule has 0 rings (SSSR count). The molecule has 0 fully saturated rings. The van der Waals surface area contributed by atoms with Crippen LogP contribution in [0.15, 0.2) is 0 Å². The highest BCUT2D eigenvalue weighted by Crippen LogP contribution is 2.62. The van der Waals surface area contributed by atoms with Gasteiger partial charge in [-0.1, -0.05) is 0 Å². The summed E-state index contributed by atoms with van der Waals surface area (Å²) in [5, 5.41) is 17.5. The molecule has 1 unspecified atom stereocenters. The normalized spacial score (nSPS) is 15.7. The molecule has 0 bridgehead atoms. The standard InChI is InChI=1S/C6H11O6PS2/c1-11-13(15,12-2)6(14,5(9)10)3-4(7)8/h14H,3H2,1-2H3,(H,7,8)(H,9,10). The highest BCUT2D eigenvalue weighted by atomic mass is 32.5. The Kier molecular flexibility index (Phi) is 5.22. The van der Waals surface area contributed by atoms with E-state index in [4.69, 9.17) is 31.1 Å². The fourth-order valence-electron chi connectivity index (χ4n) is 0.877. The molecule has 0 aromatic heterocycles. The molecule has 0 amide bonds. The predicted molar refractivity (Wildman–Crippen MR) is 59.9 cm³/mol. The highest BCUT2D eigenvalue weighted by Gasteiger charge is 2.51. The zero-order valence-electron chi connectivity index (χ0n) is 8.04. The Bertz CT molecular complexity index is 311. The monoisotopic (exact) mass is 274 g/mol. The zero-order valence-corrected chi connectivity index (χ0v) is 10.6. The molecule has 2 N–H and O–H groups in total. The van der Waals surface area contributed by atoms with Crippen molar-refractivity contribution in [1.82, 2.24) is 0 Å². The number of hydrogen-bond acceptors (Lipinski definition) is 6. The van der Waals surface area contributed by atoms with Crippen LogP contribution in [0.4, 0.5) is 0 Å². The van der Waals surface area contributed by atoms with Crippen LogP contribution in [-0.4, -0.2) is 40.9 Å². The molecule has 0 spiro atoms. The molecule has 15 heavy (non-hydrogen) atoms. The first-order valence-corrected chi connectivity index (χ1v) is 6.71. The predicted octanol–water partition coefficient (Wildman–Crippen LogP) is 0.774. The van der Waals surface area contributed by atoms with E-state index >= 15 is 0 Å². The smallest absolute Gasteiger partial charge is 0.330 e. The van der Waals surface area contributed by atoms with Crippen molar-refractivity contribution < 1.29 is 28.8 Å². The van der Waals surface area contributed by atoms with Crippen molar-refractivity contribution in [3.05, 3.63) is 0 Å². The fourth-order valence-corrected chi connectivity index (χ4v) is 3.25. The third-order valence-electron chi connectivity index (χ3n) is 1.67. The molecule has 0 heterocycles. The summed E-state index contributed by atoms with van der Waals surface area (Å²) in [6.45, 7) is -3.30. The van der Waals surface area contributed by atoms with Gasteiger partial charge in [0.25, 0.3) is 0 Å². The summed E-state index contributed by atoms with van der Waals surface area (Å²) in [4.78, 5) is 21.5. The summed E-state index contributed by atoms with van der Waals surface area (Å²) in [6.07, 6.45) is -0.773. The van der Waals surface area contributed by atoms with Crippen molar-refractivity contribution in [2.45, 2.75) is 10.9 Å². The maximum absolute atomic E-state index is 11.0. The highest BCUT2D eigenvalue weighted by molar-refractivity contribution is 8.16. The van der Waals surface area contributed by atoms with Gasteiger partial charge >= 0.3 is 11.9 Å². The molecule has 0 saturated heterocycles. The maximum Gasteiger partial charge on any atom is 0.330 e. The minimum atomic E-state index is -3.30. The Hall–Kier alpha value is -0.140. The van der Waals surface area contributed by atoms with Crippen LogP contribution in [0.5, 0.6) is 0 Å². The molecule has 0 saturated carbocycles. The van der Waals surface area contributed by atoms with Crippen LogP contribution < -0.4 is 0 Å². The van der Waals surface area contributed by atoms with Crippen LogP contribution in [0.25, 0.3) is 0 Å². The van der Waals surface area contributed by atoms with E-state index in [-0.39, 0.29) is 0 Å². The van der Waals surface area contributed by atoms with E-state index in [2.05, 4.69) is 12.6 Å². The van der Waals surface area contributed by atoms with E-state index in [1.807, 2.05) is 0 Å². The van der Waals surface area contributed by atoms with Gasteiger partial charge in [0.2, 0.25) is 6.49 Å². The Morgan fingerprint density at radius 1 is 1.40 bits per heavy atom. The summed E-state index contributed by atoms with van der Waals surface area (Å²) >= 11 is 8.69. The number of hydrogen-bond donors (Lipinski definition) is 3. The summed E-state index contributed by atoms with van der Waals surface area (Å²) in [5.41, 5.74) is 0. The molecule has 9 heteroatoms. The van der Waals surface area contributed by atoms with Gasteiger partial charge in [0.05, 0.1) is 6.42 Å². The zero-order chi connectivity index (χ0) is 12.3. The minimum absolute atomic E-state index is 0.773. The van der Waals surface area contributed by atoms with Crippen molar-refractivity contribution in [1.29, 1.82) is 0 Å². The largest absolute Gasteiger partial charge is 0.481 e. The Morgan fingerprint density at radius 2 is 1.80 bits per heavy atom. The van der Waals surface area contributed by atoms with Gasteiger partial charge in [-0.25, -0.2) is 0 Å². The van der Waals surface area contributed by atoms with Gasteiger partial charge in [-0.3, -0.25) is 9.59 Å². The third-order valence-corrected chi connectivity index (χ3v) is 7.27. The van der Waals surface area contributed by atoms with E-state index in [1.54, 1.807) is 0 Å². The quantitative estimate of drug-likeness (QED) is 0.486. The number of carboxylic acid groups (broad SMARTS) is 2. The molecule has 0 aliphatic heterocycles. The number of thiol groups is 1. The lowest BCUT2D eigenvalue weighted by molar-refractivity contribution is -0.144. The van der Waals surface area contributed by atoms with E-state index in [0.29, 0.717) is 0 Å². The topological polar surface area (TPSA) is 93.1 Å². The van der Waals surface area contributed by atoms with E-state index in [1.165, 1.54) is 14.2 Å². The fraction of sp³-hybridized carbons (Fsp3) is 0.667. The van der Waals surface area contributed by atoms with Crippen molar-refractivity contribution in [2.24, 2.45) is 0 Å². The van der Waals surface area contributed by atoms with Crippen molar-refractivity contribution in [3.63, 3.8) is 0 Å². The molecule has 0 aromatic carbocycles.